The van der Waals surface area contributed by atoms with Gasteiger partial charge in [0.15, 0.2) is 5.82 Å². The predicted octanol–water partition coefficient (Wildman–Crippen LogP) is 2.26. The van der Waals surface area contributed by atoms with E-state index in [1.807, 2.05) is 6.92 Å². The SMILES string of the molecule is Cc1cccc(CN2CCOC[C@@H]2c2noc(C)n2)c1. The van der Waals surface area contributed by atoms with Crippen molar-refractivity contribution in [2.45, 2.75) is 26.4 Å². The zero-order valence-corrected chi connectivity index (χ0v) is 11.9. The van der Waals surface area contributed by atoms with Gasteiger partial charge in [0.25, 0.3) is 0 Å². The van der Waals surface area contributed by atoms with E-state index in [4.69, 9.17) is 9.26 Å². The van der Waals surface area contributed by atoms with Crippen LogP contribution >= 0.6 is 0 Å². The van der Waals surface area contributed by atoms with Crippen LogP contribution in [0.3, 0.4) is 0 Å². The molecule has 1 atom stereocenters. The van der Waals surface area contributed by atoms with Gasteiger partial charge in [0.2, 0.25) is 5.89 Å². The number of rotatable bonds is 3. The van der Waals surface area contributed by atoms with Crippen LogP contribution in [0.4, 0.5) is 0 Å². The molecule has 0 N–H and O–H groups in total. The minimum Gasteiger partial charge on any atom is -0.378 e. The molecule has 1 fully saturated rings. The van der Waals surface area contributed by atoms with Crippen LogP contribution in [0.2, 0.25) is 0 Å². The number of aryl methyl sites for hydroxylation is 2. The molecule has 0 radical (unpaired) electrons. The molecule has 3 rings (SSSR count). The van der Waals surface area contributed by atoms with Crippen molar-refractivity contribution in [2.24, 2.45) is 0 Å². The van der Waals surface area contributed by atoms with Crippen molar-refractivity contribution >= 4 is 0 Å². The molecule has 2 aromatic rings. The highest BCUT2D eigenvalue weighted by Gasteiger charge is 2.28. The molecular formula is C15H19N3O2. The zero-order chi connectivity index (χ0) is 13.9. The molecule has 20 heavy (non-hydrogen) atoms. The summed E-state index contributed by atoms with van der Waals surface area (Å²) in [6.45, 7) is 7.05. The lowest BCUT2D eigenvalue weighted by Gasteiger charge is -2.33. The Morgan fingerprint density at radius 3 is 3.00 bits per heavy atom. The summed E-state index contributed by atoms with van der Waals surface area (Å²) in [7, 11) is 0. The number of morpholine rings is 1. The molecule has 2 heterocycles. The lowest BCUT2D eigenvalue weighted by molar-refractivity contribution is -0.0166. The third-order valence-electron chi connectivity index (χ3n) is 3.55. The summed E-state index contributed by atoms with van der Waals surface area (Å²) in [6, 6.07) is 8.65. The Balaban J connectivity index is 1.79. The van der Waals surface area contributed by atoms with Crippen molar-refractivity contribution in [2.75, 3.05) is 19.8 Å². The Kier molecular flexibility index (Phi) is 3.80. The molecule has 1 saturated heterocycles. The first-order chi connectivity index (χ1) is 9.72. The Morgan fingerprint density at radius 1 is 1.35 bits per heavy atom. The number of hydrogen-bond donors (Lipinski definition) is 0. The average molecular weight is 273 g/mol. The quantitative estimate of drug-likeness (QED) is 0.858. The molecule has 106 valence electrons. The van der Waals surface area contributed by atoms with Crippen molar-refractivity contribution in [1.29, 1.82) is 0 Å². The van der Waals surface area contributed by atoms with Crippen LogP contribution in [0.15, 0.2) is 28.8 Å². The molecule has 0 amide bonds. The van der Waals surface area contributed by atoms with Crippen molar-refractivity contribution in [3.8, 4) is 0 Å². The topological polar surface area (TPSA) is 51.4 Å². The van der Waals surface area contributed by atoms with E-state index in [1.165, 1.54) is 11.1 Å². The monoisotopic (exact) mass is 273 g/mol. The molecular weight excluding hydrogens is 254 g/mol. The molecule has 5 heteroatoms. The van der Waals surface area contributed by atoms with Crippen molar-refractivity contribution in [3.05, 3.63) is 47.1 Å². The Labute approximate surface area is 118 Å². The van der Waals surface area contributed by atoms with Crippen LogP contribution in [0.25, 0.3) is 0 Å². The Hall–Kier alpha value is -1.72. The minimum atomic E-state index is 0.0710. The highest BCUT2D eigenvalue weighted by atomic mass is 16.5. The van der Waals surface area contributed by atoms with Gasteiger partial charge in [-0.2, -0.15) is 4.98 Å². The molecule has 0 unspecified atom stereocenters. The van der Waals surface area contributed by atoms with Gasteiger partial charge in [0.05, 0.1) is 19.3 Å². The van der Waals surface area contributed by atoms with Gasteiger partial charge in [-0.25, -0.2) is 0 Å². The molecule has 0 spiro atoms. The number of benzene rings is 1. The summed E-state index contributed by atoms with van der Waals surface area (Å²) < 4.78 is 10.7. The number of ether oxygens (including phenoxy) is 1. The van der Waals surface area contributed by atoms with E-state index < -0.39 is 0 Å². The van der Waals surface area contributed by atoms with Gasteiger partial charge in [-0.05, 0) is 12.5 Å². The molecule has 0 bridgehead atoms. The first-order valence-electron chi connectivity index (χ1n) is 6.90. The fourth-order valence-electron chi connectivity index (χ4n) is 2.56. The van der Waals surface area contributed by atoms with Crippen LogP contribution in [-0.4, -0.2) is 34.8 Å². The standard InChI is InChI=1S/C15H19N3O2/c1-11-4-3-5-13(8-11)9-18-6-7-19-10-14(18)15-16-12(2)20-17-15/h3-5,8,14H,6-7,9-10H2,1-2H3/t14-/m1/s1. The normalized spacial score (nSPS) is 20.2. The van der Waals surface area contributed by atoms with Crippen LogP contribution in [-0.2, 0) is 11.3 Å². The second-order valence-corrected chi connectivity index (χ2v) is 5.22. The minimum absolute atomic E-state index is 0.0710. The van der Waals surface area contributed by atoms with Crippen molar-refractivity contribution in [3.63, 3.8) is 0 Å². The Bertz CT molecular complexity index is 582. The molecule has 0 saturated carbocycles. The van der Waals surface area contributed by atoms with E-state index in [0.717, 1.165) is 25.5 Å². The largest absolute Gasteiger partial charge is 0.378 e. The van der Waals surface area contributed by atoms with Gasteiger partial charge in [-0.1, -0.05) is 35.0 Å². The van der Waals surface area contributed by atoms with Gasteiger partial charge in [0, 0.05) is 20.0 Å². The first kappa shape index (κ1) is 13.3. The lowest BCUT2D eigenvalue weighted by atomic mass is 10.1. The first-order valence-corrected chi connectivity index (χ1v) is 6.90. The van der Waals surface area contributed by atoms with Gasteiger partial charge in [0.1, 0.15) is 0 Å². The second-order valence-electron chi connectivity index (χ2n) is 5.22. The van der Waals surface area contributed by atoms with Crippen LogP contribution in [0, 0.1) is 13.8 Å². The predicted molar refractivity (Wildman–Crippen MR) is 74.2 cm³/mol. The van der Waals surface area contributed by atoms with E-state index in [2.05, 4.69) is 46.2 Å². The molecule has 1 aliphatic rings. The maximum atomic E-state index is 5.57. The molecule has 1 aromatic heterocycles. The molecule has 1 aliphatic heterocycles. The van der Waals surface area contributed by atoms with E-state index in [-0.39, 0.29) is 6.04 Å². The van der Waals surface area contributed by atoms with E-state index in [0.29, 0.717) is 12.5 Å². The highest BCUT2D eigenvalue weighted by molar-refractivity contribution is 5.22. The maximum absolute atomic E-state index is 5.57. The van der Waals surface area contributed by atoms with Crippen LogP contribution < -0.4 is 0 Å². The van der Waals surface area contributed by atoms with Crippen molar-refractivity contribution in [1.82, 2.24) is 15.0 Å². The third-order valence-corrected chi connectivity index (χ3v) is 3.55. The summed E-state index contributed by atoms with van der Waals surface area (Å²) >= 11 is 0. The number of nitrogens with zero attached hydrogens (tertiary/aromatic N) is 3. The summed E-state index contributed by atoms with van der Waals surface area (Å²) in [5, 5.41) is 4.04. The van der Waals surface area contributed by atoms with Gasteiger partial charge < -0.3 is 9.26 Å². The molecule has 5 nitrogen and oxygen atoms in total. The smallest absolute Gasteiger partial charge is 0.223 e. The molecule has 0 aliphatic carbocycles. The van der Waals surface area contributed by atoms with E-state index in [1.54, 1.807) is 0 Å². The fourth-order valence-corrected chi connectivity index (χ4v) is 2.56. The summed E-state index contributed by atoms with van der Waals surface area (Å²) in [4.78, 5) is 6.69. The zero-order valence-electron chi connectivity index (χ0n) is 11.9. The fraction of sp³-hybridized carbons (Fsp3) is 0.467. The number of aromatic nitrogens is 2. The van der Waals surface area contributed by atoms with Crippen molar-refractivity contribution < 1.29 is 9.26 Å². The average Bonchev–Trinajstić information content (AvgIpc) is 2.86. The lowest BCUT2D eigenvalue weighted by Crippen LogP contribution is -2.39. The summed E-state index contributed by atoms with van der Waals surface area (Å²) in [5.74, 6) is 1.32. The highest BCUT2D eigenvalue weighted by Crippen LogP contribution is 2.24. The number of hydrogen-bond acceptors (Lipinski definition) is 5. The van der Waals surface area contributed by atoms with Crippen LogP contribution in [0.1, 0.15) is 28.9 Å². The third kappa shape index (κ3) is 2.89. The van der Waals surface area contributed by atoms with E-state index in [9.17, 15) is 0 Å². The summed E-state index contributed by atoms with van der Waals surface area (Å²) in [5.41, 5.74) is 2.58. The summed E-state index contributed by atoms with van der Waals surface area (Å²) in [6.07, 6.45) is 0. The van der Waals surface area contributed by atoms with Gasteiger partial charge in [-0.3, -0.25) is 4.90 Å². The van der Waals surface area contributed by atoms with Crippen LogP contribution in [0.5, 0.6) is 0 Å². The van der Waals surface area contributed by atoms with Gasteiger partial charge >= 0.3 is 0 Å². The second kappa shape index (κ2) is 5.73. The van der Waals surface area contributed by atoms with E-state index >= 15 is 0 Å². The maximum Gasteiger partial charge on any atom is 0.223 e. The molecule has 1 aromatic carbocycles. The Morgan fingerprint density at radius 2 is 2.25 bits per heavy atom. The van der Waals surface area contributed by atoms with Gasteiger partial charge in [-0.15, -0.1) is 0 Å².